The predicted molar refractivity (Wildman–Crippen MR) is 95.5 cm³/mol. The Morgan fingerprint density at radius 2 is 2.08 bits per heavy atom. The number of rotatable bonds is 7. The van der Waals surface area contributed by atoms with Crippen molar-refractivity contribution < 1.29 is 14.3 Å². The number of fused-ring (bicyclic) bond motifs is 1. The largest absolute Gasteiger partial charge is 0.467 e. The van der Waals surface area contributed by atoms with Crippen molar-refractivity contribution in [2.24, 2.45) is 0 Å². The number of carbonyl (C=O) groups excluding carboxylic acids is 2. The molecule has 1 heterocycles. The Balaban J connectivity index is 2.22. The number of hydrogen-bond acceptors (Lipinski definition) is 7. The lowest BCUT2D eigenvalue weighted by Gasteiger charge is -2.19. The molecule has 0 saturated carbocycles. The molecule has 2 atom stereocenters. The number of nitrogens with one attached hydrogen (secondary N) is 1. The van der Waals surface area contributed by atoms with Gasteiger partial charge in [0.25, 0.3) is 5.56 Å². The average molecular weight is 364 g/mol. The quantitative estimate of drug-likeness (QED) is 0.724. The Hall–Kier alpha value is -2.42. The lowest BCUT2D eigenvalue weighted by Crippen LogP contribution is -2.46. The van der Waals surface area contributed by atoms with Gasteiger partial charge in [-0.15, -0.1) is 5.10 Å². The minimum absolute atomic E-state index is 0.379. The molecule has 9 heteroatoms. The third kappa shape index (κ3) is 4.36. The molecule has 0 aliphatic carbocycles. The van der Waals surface area contributed by atoms with Crippen molar-refractivity contribution in [3.63, 3.8) is 0 Å². The van der Waals surface area contributed by atoms with Crippen molar-refractivity contribution in [2.75, 3.05) is 19.1 Å². The van der Waals surface area contributed by atoms with Crippen LogP contribution in [-0.2, 0) is 14.3 Å². The molecule has 1 aromatic heterocycles. The zero-order valence-corrected chi connectivity index (χ0v) is 15.1. The van der Waals surface area contributed by atoms with Crippen LogP contribution in [0.5, 0.6) is 0 Å². The van der Waals surface area contributed by atoms with Crippen LogP contribution in [0.3, 0.4) is 0 Å². The van der Waals surface area contributed by atoms with E-state index < -0.39 is 29.5 Å². The van der Waals surface area contributed by atoms with Gasteiger partial charge in [0.1, 0.15) is 17.6 Å². The summed E-state index contributed by atoms with van der Waals surface area (Å²) in [5.41, 5.74) is 0.0516. The van der Waals surface area contributed by atoms with E-state index in [0.29, 0.717) is 23.1 Å². The van der Waals surface area contributed by atoms with Crippen LogP contribution >= 0.6 is 11.8 Å². The van der Waals surface area contributed by atoms with Gasteiger partial charge in [-0.05, 0) is 37.5 Å². The minimum atomic E-state index is -0.911. The molecule has 2 aromatic rings. The summed E-state index contributed by atoms with van der Waals surface area (Å²) in [6.07, 6.45) is 2.34. The second kappa shape index (κ2) is 8.61. The normalized spacial score (nSPS) is 13.2. The summed E-state index contributed by atoms with van der Waals surface area (Å²) in [5, 5.41) is 10.8. The molecule has 0 aliphatic heterocycles. The second-order valence-corrected chi connectivity index (χ2v) is 6.38. The van der Waals surface area contributed by atoms with E-state index in [0.717, 1.165) is 4.68 Å². The van der Waals surface area contributed by atoms with Crippen LogP contribution in [0.25, 0.3) is 10.9 Å². The molecule has 0 spiro atoms. The number of thioether (sulfide) groups is 1. The van der Waals surface area contributed by atoms with Crippen molar-refractivity contribution in [3.8, 4) is 0 Å². The highest BCUT2D eigenvalue weighted by Crippen LogP contribution is 2.08. The van der Waals surface area contributed by atoms with Gasteiger partial charge in [0, 0.05) is 0 Å². The number of hydrogen-bond donors (Lipinski definition) is 1. The van der Waals surface area contributed by atoms with Crippen molar-refractivity contribution >= 4 is 34.5 Å². The molecule has 0 saturated heterocycles. The van der Waals surface area contributed by atoms with Crippen molar-refractivity contribution in [1.82, 2.24) is 20.3 Å². The smallest absolute Gasteiger partial charge is 0.328 e. The van der Waals surface area contributed by atoms with Crippen molar-refractivity contribution in [3.05, 3.63) is 34.6 Å². The Bertz CT molecular complexity index is 823. The fourth-order valence-electron chi connectivity index (χ4n) is 2.29. The molecule has 1 amide bonds. The summed E-state index contributed by atoms with van der Waals surface area (Å²) in [7, 11) is 1.27. The Kier molecular flexibility index (Phi) is 6.51. The van der Waals surface area contributed by atoms with Crippen LogP contribution in [0, 0.1) is 0 Å². The number of carbonyl (C=O) groups is 2. The number of methoxy groups -OCH3 is 1. The second-order valence-electron chi connectivity index (χ2n) is 5.40. The summed E-state index contributed by atoms with van der Waals surface area (Å²) >= 11 is 1.56. The molecule has 1 N–H and O–H groups in total. The fourth-order valence-corrected chi connectivity index (χ4v) is 2.76. The molecule has 2 rings (SSSR count). The highest BCUT2D eigenvalue weighted by molar-refractivity contribution is 7.98. The minimum Gasteiger partial charge on any atom is -0.467 e. The van der Waals surface area contributed by atoms with E-state index in [1.165, 1.54) is 14.0 Å². The first-order chi connectivity index (χ1) is 12.0. The van der Waals surface area contributed by atoms with E-state index >= 15 is 0 Å². The SMILES string of the molecule is COC(=O)[C@H](CCSC)NC(=O)[C@H](C)n1nnc2ccccc2c1=O. The monoisotopic (exact) mass is 364 g/mol. The number of aromatic nitrogens is 3. The third-order valence-corrected chi connectivity index (χ3v) is 4.39. The molecule has 0 radical (unpaired) electrons. The van der Waals surface area contributed by atoms with Gasteiger partial charge in [-0.25, -0.2) is 4.79 Å². The fraction of sp³-hybridized carbons (Fsp3) is 0.438. The van der Waals surface area contributed by atoms with Crippen molar-refractivity contribution in [2.45, 2.75) is 25.4 Å². The maximum atomic E-state index is 12.5. The summed E-state index contributed by atoms with van der Waals surface area (Å²) in [6, 6.07) is 5.10. The summed E-state index contributed by atoms with van der Waals surface area (Å²) in [4.78, 5) is 36.8. The first-order valence-electron chi connectivity index (χ1n) is 7.71. The number of nitrogens with zero attached hydrogens (tertiary/aromatic N) is 3. The van der Waals surface area contributed by atoms with Crippen LogP contribution < -0.4 is 10.9 Å². The molecule has 1 aromatic carbocycles. The van der Waals surface area contributed by atoms with E-state index in [-0.39, 0.29) is 0 Å². The first-order valence-corrected chi connectivity index (χ1v) is 9.10. The summed E-state index contributed by atoms with van der Waals surface area (Å²) in [5.74, 6) is -0.334. The number of ether oxygens (including phenoxy) is 1. The van der Waals surface area contributed by atoms with Gasteiger partial charge in [-0.2, -0.15) is 16.4 Å². The Morgan fingerprint density at radius 1 is 1.36 bits per heavy atom. The molecule has 8 nitrogen and oxygen atoms in total. The Labute approximate surface area is 148 Å². The van der Waals surface area contributed by atoms with Crippen molar-refractivity contribution in [1.29, 1.82) is 0 Å². The van der Waals surface area contributed by atoms with Gasteiger partial charge in [-0.3, -0.25) is 9.59 Å². The lowest BCUT2D eigenvalue weighted by molar-refractivity contribution is -0.145. The maximum Gasteiger partial charge on any atom is 0.328 e. The maximum absolute atomic E-state index is 12.5. The third-order valence-electron chi connectivity index (χ3n) is 3.75. The van der Waals surface area contributed by atoms with E-state index in [2.05, 4.69) is 15.6 Å². The molecule has 0 unspecified atom stereocenters. The van der Waals surface area contributed by atoms with E-state index in [1.54, 1.807) is 36.0 Å². The van der Waals surface area contributed by atoms with Crippen LogP contribution in [-0.4, -0.2) is 52.0 Å². The predicted octanol–water partition coefficient (Wildman–Crippen LogP) is 0.763. The van der Waals surface area contributed by atoms with Gasteiger partial charge in [0.15, 0.2) is 0 Å². The number of esters is 1. The standard InChI is InChI=1S/C16H20N4O4S/c1-10(14(21)17-13(8-9-25-3)16(23)24-2)20-15(22)11-6-4-5-7-12(11)18-19-20/h4-7,10,13H,8-9H2,1-3H3,(H,17,21)/t10-,13-/m0/s1. The molecule has 25 heavy (non-hydrogen) atoms. The topological polar surface area (TPSA) is 103 Å². The van der Waals surface area contributed by atoms with Crippen LogP contribution in [0.4, 0.5) is 0 Å². The Morgan fingerprint density at radius 3 is 2.76 bits per heavy atom. The zero-order valence-electron chi connectivity index (χ0n) is 14.3. The number of amides is 1. The molecule has 0 fully saturated rings. The molecular weight excluding hydrogens is 344 g/mol. The molecule has 0 aliphatic rings. The lowest BCUT2D eigenvalue weighted by atomic mass is 10.2. The molecule has 134 valence electrons. The highest BCUT2D eigenvalue weighted by Gasteiger charge is 2.26. The first kappa shape index (κ1) is 18.9. The molecule has 0 bridgehead atoms. The van der Waals surface area contributed by atoms with E-state index in [9.17, 15) is 14.4 Å². The van der Waals surface area contributed by atoms with Gasteiger partial charge in [0.2, 0.25) is 5.91 Å². The van der Waals surface area contributed by atoms with Crippen LogP contribution in [0.15, 0.2) is 29.1 Å². The van der Waals surface area contributed by atoms with E-state index in [4.69, 9.17) is 4.74 Å². The molecular formula is C16H20N4O4S. The highest BCUT2D eigenvalue weighted by atomic mass is 32.2. The van der Waals surface area contributed by atoms with Gasteiger partial charge < -0.3 is 10.1 Å². The summed E-state index contributed by atoms with van der Waals surface area (Å²) in [6.45, 7) is 1.53. The average Bonchev–Trinajstić information content (AvgIpc) is 2.64. The summed E-state index contributed by atoms with van der Waals surface area (Å²) < 4.78 is 5.73. The van der Waals surface area contributed by atoms with E-state index in [1.807, 2.05) is 6.26 Å². The van der Waals surface area contributed by atoms with Crippen LogP contribution in [0.2, 0.25) is 0 Å². The number of benzene rings is 1. The van der Waals surface area contributed by atoms with Gasteiger partial charge >= 0.3 is 5.97 Å². The van der Waals surface area contributed by atoms with Gasteiger partial charge in [-0.1, -0.05) is 17.3 Å². The van der Waals surface area contributed by atoms with Crippen LogP contribution in [0.1, 0.15) is 19.4 Å². The van der Waals surface area contributed by atoms with Gasteiger partial charge in [0.05, 0.1) is 12.5 Å². The zero-order chi connectivity index (χ0) is 18.4.